The first-order valence-electron chi connectivity index (χ1n) is 5.50. The molecule has 1 heterocycles. The highest BCUT2D eigenvalue weighted by Gasteiger charge is 2.16. The summed E-state index contributed by atoms with van der Waals surface area (Å²) < 4.78 is 5.93. The van der Waals surface area contributed by atoms with Crippen molar-refractivity contribution in [3.8, 4) is 0 Å². The number of rotatable bonds is 6. The standard InChI is InChI=1S/C11H15N3O5/c1-13(7-10(16)17)11(18)8-3-4-9(15)14(12-8)5-6-19-2/h3-4H,5-7H2,1-2H3,(H,16,17). The van der Waals surface area contributed by atoms with E-state index in [0.717, 1.165) is 9.58 Å². The Hall–Kier alpha value is -2.22. The summed E-state index contributed by atoms with van der Waals surface area (Å²) >= 11 is 0. The van der Waals surface area contributed by atoms with Crippen molar-refractivity contribution < 1.29 is 19.4 Å². The van der Waals surface area contributed by atoms with Crippen molar-refractivity contribution in [1.29, 1.82) is 0 Å². The van der Waals surface area contributed by atoms with Crippen LogP contribution in [0.4, 0.5) is 0 Å². The van der Waals surface area contributed by atoms with Gasteiger partial charge in [0.25, 0.3) is 11.5 Å². The van der Waals surface area contributed by atoms with E-state index >= 15 is 0 Å². The predicted octanol–water partition coefficient (Wildman–Crippen LogP) is -0.954. The lowest BCUT2D eigenvalue weighted by atomic mass is 10.3. The van der Waals surface area contributed by atoms with Crippen molar-refractivity contribution >= 4 is 11.9 Å². The van der Waals surface area contributed by atoms with Gasteiger partial charge in [0, 0.05) is 20.2 Å². The van der Waals surface area contributed by atoms with E-state index in [1.54, 1.807) is 0 Å². The SMILES string of the molecule is COCCn1nc(C(=O)N(C)CC(=O)O)ccc1=O. The first-order valence-corrected chi connectivity index (χ1v) is 5.50. The molecule has 1 rings (SSSR count). The molecule has 8 heteroatoms. The summed E-state index contributed by atoms with van der Waals surface area (Å²) in [6.07, 6.45) is 0. The molecular weight excluding hydrogens is 254 g/mol. The number of carbonyl (C=O) groups excluding carboxylic acids is 1. The van der Waals surface area contributed by atoms with Crippen molar-refractivity contribution in [3.05, 3.63) is 28.2 Å². The van der Waals surface area contributed by atoms with Crippen molar-refractivity contribution in [3.63, 3.8) is 0 Å². The lowest BCUT2D eigenvalue weighted by Gasteiger charge is -2.14. The predicted molar refractivity (Wildman–Crippen MR) is 65.0 cm³/mol. The van der Waals surface area contributed by atoms with Gasteiger partial charge in [0.1, 0.15) is 12.2 Å². The summed E-state index contributed by atoms with van der Waals surface area (Å²) in [5, 5.41) is 12.5. The van der Waals surface area contributed by atoms with Gasteiger partial charge >= 0.3 is 5.97 Å². The van der Waals surface area contributed by atoms with Gasteiger partial charge in [-0.1, -0.05) is 0 Å². The fraction of sp³-hybridized carbons (Fsp3) is 0.455. The Bertz CT molecular complexity index is 525. The number of likely N-dealkylation sites (N-methyl/N-ethyl adjacent to an activating group) is 1. The number of carbonyl (C=O) groups is 2. The molecule has 0 bridgehead atoms. The number of amides is 1. The highest BCUT2D eigenvalue weighted by molar-refractivity contribution is 5.93. The minimum Gasteiger partial charge on any atom is -0.480 e. The Morgan fingerprint density at radius 1 is 1.47 bits per heavy atom. The third-order valence-corrected chi connectivity index (χ3v) is 2.31. The van der Waals surface area contributed by atoms with Crippen molar-refractivity contribution in [2.45, 2.75) is 6.54 Å². The minimum atomic E-state index is -1.12. The Balaban J connectivity index is 2.91. The molecule has 0 unspecified atom stereocenters. The van der Waals surface area contributed by atoms with Gasteiger partial charge in [-0.15, -0.1) is 0 Å². The monoisotopic (exact) mass is 269 g/mol. The molecule has 0 radical (unpaired) electrons. The maximum Gasteiger partial charge on any atom is 0.323 e. The quantitative estimate of drug-likeness (QED) is 0.714. The van der Waals surface area contributed by atoms with E-state index in [9.17, 15) is 14.4 Å². The Morgan fingerprint density at radius 2 is 2.16 bits per heavy atom. The summed E-state index contributed by atoms with van der Waals surface area (Å²) in [5.74, 6) is -1.68. The molecule has 19 heavy (non-hydrogen) atoms. The summed E-state index contributed by atoms with van der Waals surface area (Å²) in [6, 6.07) is 2.48. The van der Waals surface area contributed by atoms with Gasteiger partial charge in [-0.05, 0) is 6.07 Å². The molecule has 0 spiro atoms. The number of carboxylic acid groups (broad SMARTS) is 1. The second kappa shape index (κ2) is 6.64. The van der Waals surface area contributed by atoms with Crippen LogP contribution in [0.15, 0.2) is 16.9 Å². The van der Waals surface area contributed by atoms with Crippen LogP contribution in [0.25, 0.3) is 0 Å². The first-order chi connectivity index (χ1) is 8.95. The van der Waals surface area contributed by atoms with Crippen LogP contribution in [-0.2, 0) is 16.1 Å². The zero-order chi connectivity index (χ0) is 14.4. The number of nitrogens with zero attached hydrogens (tertiary/aromatic N) is 3. The molecule has 0 aliphatic carbocycles. The number of hydrogen-bond acceptors (Lipinski definition) is 5. The molecule has 1 N–H and O–H groups in total. The Kier molecular flexibility index (Phi) is 5.19. The smallest absolute Gasteiger partial charge is 0.323 e. The van der Waals surface area contributed by atoms with Crippen LogP contribution in [0.3, 0.4) is 0 Å². The van der Waals surface area contributed by atoms with Crippen LogP contribution < -0.4 is 5.56 Å². The van der Waals surface area contributed by atoms with E-state index in [-0.39, 0.29) is 24.4 Å². The van der Waals surface area contributed by atoms with Crippen LogP contribution >= 0.6 is 0 Å². The number of hydrogen-bond donors (Lipinski definition) is 1. The second-order valence-electron chi connectivity index (χ2n) is 3.83. The molecule has 8 nitrogen and oxygen atoms in total. The number of ether oxygens (including phenoxy) is 1. The minimum absolute atomic E-state index is 0.0134. The van der Waals surface area contributed by atoms with Crippen LogP contribution in [-0.4, -0.2) is 59.0 Å². The van der Waals surface area contributed by atoms with E-state index in [1.807, 2.05) is 0 Å². The number of aliphatic carboxylic acids is 1. The molecule has 1 amide bonds. The molecule has 1 aromatic rings. The molecule has 0 aliphatic rings. The Morgan fingerprint density at radius 3 is 2.74 bits per heavy atom. The van der Waals surface area contributed by atoms with Gasteiger partial charge in [0.05, 0.1) is 13.2 Å². The number of carboxylic acids is 1. The molecule has 1 aromatic heterocycles. The molecule has 0 aromatic carbocycles. The molecule has 0 saturated heterocycles. The van der Waals surface area contributed by atoms with E-state index < -0.39 is 18.4 Å². The largest absolute Gasteiger partial charge is 0.480 e. The van der Waals surface area contributed by atoms with Gasteiger partial charge < -0.3 is 14.7 Å². The van der Waals surface area contributed by atoms with Gasteiger partial charge in [-0.2, -0.15) is 5.10 Å². The van der Waals surface area contributed by atoms with Gasteiger partial charge in [0.2, 0.25) is 0 Å². The lowest BCUT2D eigenvalue weighted by molar-refractivity contribution is -0.137. The fourth-order valence-corrected chi connectivity index (χ4v) is 1.37. The zero-order valence-electron chi connectivity index (χ0n) is 10.7. The molecule has 0 aliphatic heterocycles. The van der Waals surface area contributed by atoms with Crippen LogP contribution in [0.2, 0.25) is 0 Å². The molecule has 0 fully saturated rings. The summed E-state index contributed by atoms with van der Waals surface area (Å²) in [6.45, 7) is 0.0757. The summed E-state index contributed by atoms with van der Waals surface area (Å²) in [7, 11) is 2.84. The van der Waals surface area contributed by atoms with Crippen LogP contribution in [0.1, 0.15) is 10.5 Å². The maximum atomic E-state index is 11.9. The molecule has 0 saturated carbocycles. The van der Waals surface area contributed by atoms with Crippen molar-refractivity contribution in [2.75, 3.05) is 27.3 Å². The van der Waals surface area contributed by atoms with E-state index in [0.29, 0.717) is 0 Å². The first kappa shape index (κ1) is 14.8. The number of aromatic nitrogens is 2. The molecular formula is C11H15N3O5. The average molecular weight is 269 g/mol. The van der Waals surface area contributed by atoms with Crippen LogP contribution in [0, 0.1) is 0 Å². The normalized spacial score (nSPS) is 10.2. The van der Waals surface area contributed by atoms with Crippen molar-refractivity contribution in [1.82, 2.24) is 14.7 Å². The maximum absolute atomic E-state index is 11.9. The van der Waals surface area contributed by atoms with Gasteiger partial charge in [0.15, 0.2) is 0 Å². The highest BCUT2D eigenvalue weighted by atomic mass is 16.5. The third kappa shape index (κ3) is 4.18. The van der Waals surface area contributed by atoms with E-state index in [4.69, 9.17) is 9.84 Å². The third-order valence-electron chi connectivity index (χ3n) is 2.31. The van der Waals surface area contributed by atoms with E-state index in [1.165, 1.54) is 26.3 Å². The lowest BCUT2D eigenvalue weighted by Crippen LogP contribution is -2.34. The summed E-state index contributed by atoms with van der Waals surface area (Å²) in [5.41, 5.74) is -0.339. The fourth-order valence-electron chi connectivity index (χ4n) is 1.37. The Labute approximate surface area is 109 Å². The summed E-state index contributed by atoms with van der Waals surface area (Å²) in [4.78, 5) is 34.9. The van der Waals surface area contributed by atoms with Gasteiger partial charge in [-0.25, -0.2) is 4.68 Å². The van der Waals surface area contributed by atoms with E-state index in [2.05, 4.69) is 5.10 Å². The highest BCUT2D eigenvalue weighted by Crippen LogP contribution is 1.97. The topological polar surface area (TPSA) is 102 Å². The van der Waals surface area contributed by atoms with Crippen molar-refractivity contribution in [2.24, 2.45) is 0 Å². The molecule has 104 valence electrons. The number of methoxy groups -OCH3 is 1. The average Bonchev–Trinajstić information content (AvgIpc) is 2.36. The van der Waals surface area contributed by atoms with Crippen LogP contribution in [0.5, 0.6) is 0 Å². The second-order valence-corrected chi connectivity index (χ2v) is 3.83. The zero-order valence-corrected chi connectivity index (χ0v) is 10.7. The molecule has 0 atom stereocenters. The van der Waals surface area contributed by atoms with Gasteiger partial charge in [-0.3, -0.25) is 14.4 Å².